The lowest BCUT2D eigenvalue weighted by Crippen LogP contribution is -2.47. The van der Waals surface area contributed by atoms with Gasteiger partial charge in [-0.3, -0.25) is 18.6 Å². The summed E-state index contributed by atoms with van der Waals surface area (Å²) in [6.45, 7) is 7.04. The Hall–Kier alpha value is -1.51. The molecule has 0 aromatic rings. The van der Waals surface area contributed by atoms with Crippen LogP contribution in [0.1, 0.15) is 310 Å². The van der Waals surface area contributed by atoms with Crippen LogP contribution in [0.25, 0.3) is 0 Å². The lowest BCUT2D eigenvalue weighted by atomic mass is 10.0. The Kier molecular flexibility index (Phi) is 51.8. The Morgan fingerprint density at radius 3 is 1.18 bits per heavy atom. The zero-order chi connectivity index (χ0) is 52.9. The van der Waals surface area contributed by atoms with E-state index >= 15 is 0 Å². The van der Waals surface area contributed by atoms with Crippen molar-refractivity contribution in [2.45, 2.75) is 322 Å². The Morgan fingerprint density at radius 1 is 0.472 bits per heavy atom. The molecular weight excluding hydrogens is 916 g/mol. The van der Waals surface area contributed by atoms with Gasteiger partial charge < -0.3 is 19.4 Å². The zero-order valence-electron chi connectivity index (χ0n) is 48.7. The van der Waals surface area contributed by atoms with Crippen LogP contribution < -0.4 is 5.32 Å². The highest BCUT2D eigenvalue weighted by Crippen LogP contribution is 2.43. The third-order valence-corrected chi connectivity index (χ3v) is 15.1. The number of esters is 1. The van der Waals surface area contributed by atoms with Gasteiger partial charge in [0.15, 0.2) is 0 Å². The normalized spacial score (nSPS) is 13.8. The summed E-state index contributed by atoms with van der Waals surface area (Å²) < 4.78 is 30.7. The standard InChI is InChI=1S/C62H121N2O7P/c1-7-10-13-16-19-22-25-27-29-30-31-32-33-34-35-37-40-43-46-49-52-55-62(66)71-60(53-50-47-44-41-38-24-21-18-15-12-9-3)59(58-70-72(67,68)69-57-56-64(4,5)6)63-61(65)54-51-48-45-42-39-36-28-26-23-20-17-14-11-8-2/h27,29,50,53,59-60H,7-26,28,30-49,51-52,54-58H2,1-6H3,(H-,63,65,67,68)/p+1/b29-27+,53-50+. The molecule has 0 radical (unpaired) electrons. The van der Waals surface area contributed by atoms with E-state index in [1.807, 2.05) is 33.3 Å². The number of hydrogen-bond donors (Lipinski definition) is 2. The monoisotopic (exact) mass is 1040 g/mol. The van der Waals surface area contributed by atoms with Crippen molar-refractivity contribution < 1.29 is 37.3 Å². The molecule has 0 aliphatic carbocycles. The van der Waals surface area contributed by atoms with E-state index in [-0.39, 0.29) is 25.1 Å². The molecule has 0 aromatic heterocycles. The molecule has 0 bridgehead atoms. The summed E-state index contributed by atoms with van der Waals surface area (Å²) in [6.07, 6.45) is 61.7. The smallest absolute Gasteiger partial charge is 0.456 e. The van der Waals surface area contributed by atoms with Crippen LogP contribution >= 0.6 is 7.82 Å². The molecule has 426 valence electrons. The Morgan fingerprint density at radius 2 is 0.806 bits per heavy atom. The van der Waals surface area contributed by atoms with E-state index in [1.54, 1.807) is 0 Å². The number of ether oxygens (including phenoxy) is 1. The van der Waals surface area contributed by atoms with Crippen LogP contribution in [0.5, 0.6) is 0 Å². The van der Waals surface area contributed by atoms with E-state index in [0.29, 0.717) is 23.9 Å². The van der Waals surface area contributed by atoms with Gasteiger partial charge in [0.2, 0.25) is 5.91 Å². The van der Waals surface area contributed by atoms with Crippen LogP contribution in [0.2, 0.25) is 0 Å². The van der Waals surface area contributed by atoms with E-state index in [9.17, 15) is 19.0 Å². The van der Waals surface area contributed by atoms with E-state index in [1.165, 1.54) is 218 Å². The van der Waals surface area contributed by atoms with Gasteiger partial charge in [0, 0.05) is 12.8 Å². The molecule has 0 fully saturated rings. The summed E-state index contributed by atoms with van der Waals surface area (Å²) in [5.74, 6) is -0.491. The van der Waals surface area contributed by atoms with Crippen LogP contribution in [0, 0.1) is 0 Å². The summed E-state index contributed by atoms with van der Waals surface area (Å²) in [5.41, 5.74) is 0. The van der Waals surface area contributed by atoms with E-state index in [4.69, 9.17) is 13.8 Å². The molecule has 1 amide bonds. The van der Waals surface area contributed by atoms with Gasteiger partial charge in [-0.25, -0.2) is 4.57 Å². The first-order chi connectivity index (χ1) is 34.9. The second-order valence-electron chi connectivity index (χ2n) is 22.6. The summed E-state index contributed by atoms with van der Waals surface area (Å²) in [6, 6.07) is -0.841. The quantitative estimate of drug-likeness (QED) is 0.0205. The third-order valence-electron chi connectivity index (χ3n) is 14.1. The number of carbonyl (C=O) groups is 2. The number of phosphoric ester groups is 1. The van der Waals surface area contributed by atoms with Gasteiger partial charge in [0.1, 0.15) is 19.3 Å². The number of likely N-dealkylation sites (N-methyl/N-ethyl adjacent to an activating group) is 1. The molecule has 0 saturated carbocycles. The van der Waals surface area contributed by atoms with Crippen molar-refractivity contribution in [1.29, 1.82) is 0 Å². The SMILES string of the molecule is CCCCCCCC/C=C/CCCCCCCCCCCCCC(=O)OC(/C=C/CCCCCCCCCCC)C(COP(=O)(O)OCC[N+](C)(C)C)NC(=O)CCCCCCCCCCCCCCCC. The highest BCUT2D eigenvalue weighted by atomic mass is 31.2. The lowest BCUT2D eigenvalue weighted by Gasteiger charge is -2.27. The maximum atomic E-state index is 13.5. The number of quaternary nitrogens is 1. The number of unbranched alkanes of at least 4 members (excludes halogenated alkanes) is 39. The summed E-state index contributed by atoms with van der Waals surface area (Å²) >= 11 is 0. The predicted octanol–water partition coefficient (Wildman–Crippen LogP) is 18.9. The van der Waals surface area contributed by atoms with Crippen molar-refractivity contribution in [1.82, 2.24) is 5.32 Å². The van der Waals surface area contributed by atoms with E-state index in [0.717, 1.165) is 57.8 Å². The Labute approximate surface area is 447 Å². The van der Waals surface area contributed by atoms with Gasteiger partial charge in [-0.1, -0.05) is 264 Å². The molecule has 2 N–H and O–H groups in total. The fourth-order valence-corrected chi connectivity index (χ4v) is 10.0. The van der Waals surface area contributed by atoms with Crippen molar-refractivity contribution in [2.24, 2.45) is 0 Å². The third kappa shape index (κ3) is 53.3. The fourth-order valence-electron chi connectivity index (χ4n) is 9.29. The van der Waals surface area contributed by atoms with Crippen molar-refractivity contribution in [3.8, 4) is 0 Å². The van der Waals surface area contributed by atoms with Gasteiger partial charge in [0.05, 0.1) is 33.8 Å². The van der Waals surface area contributed by atoms with Crippen LogP contribution in [0.4, 0.5) is 0 Å². The second-order valence-corrected chi connectivity index (χ2v) is 24.0. The van der Waals surface area contributed by atoms with Crippen LogP contribution in [-0.2, 0) is 27.9 Å². The van der Waals surface area contributed by atoms with Crippen LogP contribution in [0.15, 0.2) is 24.3 Å². The molecule has 0 aliphatic heterocycles. The highest BCUT2D eigenvalue weighted by molar-refractivity contribution is 7.47. The molecule has 3 unspecified atom stereocenters. The number of rotatable bonds is 57. The molecule has 0 aliphatic rings. The fraction of sp³-hybridized carbons (Fsp3) is 0.903. The molecular formula is C62H122N2O7P+. The first-order valence-electron chi connectivity index (χ1n) is 31.2. The van der Waals surface area contributed by atoms with E-state index in [2.05, 4.69) is 38.2 Å². The molecule has 9 nitrogen and oxygen atoms in total. The Bertz CT molecular complexity index is 1290. The number of allylic oxidation sites excluding steroid dienone is 3. The second kappa shape index (κ2) is 52.9. The molecule has 0 spiro atoms. The van der Waals surface area contributed by atoms with Crippen molar-refractivity contribution >= 4 is 19.7 Å². The molecule has 72 heavy (non-hydrogen) atoms. The summed E-state index contributed by atoms with van der Waals surface area (Å²) in [4.78, 5) is 37.6. The number of nitrogens with one attached hydrogen (secondary N) is 1. The predicted molar refractivity (Wildman–Crippen MR) is 310 cm³/mol. The van der Waals surface area contributed by atoms with Crippen LogP contribution in [0.3, 0.4) is 0 Å². The highest BCUT2D eigenvalue weighted by Gasteiger charge is 2.30. The zero-order valence-corrected chi connectivity index (χ0v) is 49.6. The first kappa shape index (κ1) is 70.5. The average Bonchev–Trinajstić information content (AvgIpc) is 3.34. The molecule has 0 aromatic carbocycles. The largest absolute Gasteiger partial charge is 0.472 e. The Balaban J connectivity index is 5.15. The number of carbonyl (C=O) groups excluding carboxylic acids is 2. The maximum Gasteiger partial charge on any atom is 0.472 e. The average molecular weight is 1040 g/mol. The number of hydrogen-bond acceptors (Lipinski definition) is 6. The molecule has 10 heteroatoms. The lowest BCUT2D eigenvalue weighted by molar-refractivity contribution is -0.870. The number of phosphoric acid groups is 1. The molecule has 0 saturated heterocycles. The maximum absolute atomic E-state index is 13.5. The van der Waals surface area contributed by atoms with Gasteiger partial charge in [-0.2, -0.15) is 0 Å². The minimum absolute atomic E-state index is 0.0438. The van der Waals surface area contributed by atoms with Crippen molar-refractivity contribution in [2.75, 3.05) is 40.9 Å². The van der Waals surface area contributed by atoms with Gasteiger partial charge in [-0.05, 0) is 57.4 Å². The summed E-state index contributed by atoms with van der Waals surface area (Å²) in [5, 5.41) is 3.06. The molecule has 0 heterocycles. The number of amides is 1. The minimum atomic E-state index is -4.44. The summed E-state index contributed by atoms with van der Waals surface area (Å²) in [7, 11) is 1.51. The first-order valence-corrected chi connectivity index (χ1v) is 32.7. The van der Waals surface area contributed by atoms with Gasteiger partial charge >= 0.3 is 13.8 Å². The van der Waals surface area contributed by atoms with Crippen molar-refractivity contribution in [3.63, 3.8) is 0 Å². The number of nitrogens with zero attached hydrogens (tertiary/aromatic N) is 1. The van der Waals surface area contributed by atoms with E-state index < -0.39 is 20.0 Å². The van der Waals surface area contributed by atoms with Crippen molar-refractivity contribution in [3.05, 3.63) is 24.3 Å². The van der Waals surface area contributed by atoms with Gasteiger partial charge in [-0.15, -0.1) is 0 Å². The molecule has 3 atom stereocenters. The van der Waals surface area contributed by atoms with Crippen LogP contribution in [-0.4, -0.2) is 74.3 Å². The van der Waals surface area contributed by atoms with Gasteiger partial charge in [0.25, 0.3) is 0 Å². The topological polar surface area (TPSA) is 111 Å². The minimum Gasteiger partial charge on any atom is -0.456 e. The molecule has 0 rings (SSSR count).